The Morgan fingerprint density at radius 2 is 1.79 bits per heavy atom. The summed E-state index contributed by atoms with van der Waals surface area (Å²) in [5.74, 6) is 0.697. The van der Waals surface area contributed by atoms with E-state index in [1.165, 1.54) is 0 Å². The second-order valence-corrected chi connectivity index (χ2v) is 8.47. The molecular weight excluding hydrogens is 418 g/mol. The maximum Gasteiger partial charge on any atom is 0.412 e. The molecule has 3 aromatic carbocycles. The highest BCUT2D eigenvalue weighted by molar-refractivity contribution is 9.10. The summed E-state index contributed by atoms with van der Waals surface area (Å²) in [5.41, 5.74) is 2.13. The van der Waals surface area contributed by atoms with Gasteiger partial charge < -0.3 is 9.47 Å². The van der Waals surface area contributed by atoms with Crippen LogP contribution in [0.5, 0.6) is 5.75 Å². The number of hydrogen-bond donors (Lipinski definition) is 1. The van der Waals surface area contributed by atoms with E-state index in [1.54, 1.807) is 0 Å². The van der Waals surface area contributed by atoms with E-state index in [2.05, 4.69) is 21.2 Å². The van der Waals surface area contributed by atoms with Crippen molar-refractivity contribution in [2.24, 2.45) is 0 Å². The lowest BCUT2D eigenvalue weighted by Gasteiger charge is -2.21. The van der Waals surface area contributed by atoms with Crippen LogP contribution in [0.15, 0.2) is 59.1 Å². The number of rotatable bonds is 4. The summed E-state index contributed by atoms with van der Waals surface area (Å²) in [6.45, 7) is 7.93. The number of amides is 1. The Kier molecular flexibility index (Phi) is 5.94. The predicted octanol–water partition coefficient (Wildman–Crippen LogP) is 6.84. The van der Waals surface area contributed by atoms with Crippen molar-refractivity contribution < 1.29 is 14.3 Å². The van der Waals surface area contributed by atoms with Crippen molar-refractivity contribution in [3.8, 4) is 5.75 Å². The summed E-state index contributed by atoms with van der Waals surface area (Å²) >= 11 is 3.63. The number of fused-ring (bicyclic) bond motifs is 1. The third-order valence-corrected chi connectivity index (χ3v) is 4.88. The molecule has 0 radical (unpaired) electrons. The largest absolute Gasteiger partial charge is 0.488 e. The first-order chi connectivity index (χ1) is 13.2. The van der Waals surface area contributed by atoms with Crippen LogP contribution in [-0.4, -0.2) is 11.7 Å². The number of nitrogens with one attached hydrogen (secondary N) is 1. The van der Waals surface area contributed by atoms with E-state index in [-0.39, 0.29) is 0 Å². The molecule has 0 saturated heterocycles. The minimum Gasteiger partial charge on any atom is -0.488 e. The van der Waals surface area contributed by atoms with Gasteiger partial charge in [-0.1, -0.05) is 58.4 Å². The smallest absolute Gasteiger partial charge is 0.412 e. The van der Waals surface area contributed by atoms with Gasteiger partial charge in [-0.2, -0.15) is 0 Å². The molecule has 0 aliphatic rings. The average molecular weight is 442 g/mol. The van der Waals surface area contributed by atoms with Crippen LogP contribution in [0.3, 0.4) is 0 Å². The first-order valence-electron chi connectivity index (χ1n) is 9.13. The zero-order valence-corrected chi connectivity index (χ0v) is 18.1. The van der Waals surface area contributed by atoms with Crippen LogP contribution in [-0.2, 0) is 11.3 Å². The summed E-state index contributed by atoms with van der Waals surface area (Å²) in [5, 5.41) is 4.84. The van der Waals surface area contributed by atoms with Gasteiger partial charge in [-0.3, -0.25) is 5.32 Å². The monoisotopic (exact) mass is 441 g/mol. The van der Waals surface area contributed by atoms with E-state index < -0.39 is 11.7 Å². The Balaban J connectivity index is 1.98. The maximum absolute atomic E-state index is 12.3. The van der Waals surface area contributed by atoms with Crippen molar-refractivity contribution in [3.05, 3.63) is 70.2 Å². The Morgan fingerprint density at radius 3 is 2.46 bits per heavy atom. The molecule has 1 amide bonds. The highest BCUT2D eigenvalue weighted by Crippen LogP contribution is 2.39. The van der Waals surface area contributed by atoms with Crippen LogP contribution in [0.25, 0.3) is 10.8 Å². The SMILES string of the molecule is Cc1c(NC(=O)OC(C)(C)C)cc(OCc2ccccc2)c2c(Br)cccc12. The van der Waals surface area contributed by atoms with Gasteiger partial charge in [0, 0.05) is 15.9 Å². The fraction of sp³-hybridized carbons (Fsp3) is 0.261. The average Bonchev–Trinajstić information content (AvgIpc) is 2.62. The molecule has 0 heterocycles. The molecule has 3 rings (SSSR count). The molecule has 0 saturated carbocycles. The zero-order chi connectivity index (χ0) is 20.3. The number of aryl methyl sites for hydroxylation is 1. The summed E-state index contributed by atoms with van der Waals surface area (Å²) in [4.78, 5) is 12.3. The molecular formula is C23H24BrNO3. The van der Waals surface area contributed by atoms with Gasteiger partial charge in [0.1, 0.15) is 18.0 Å². The first-order valence-corrected chi connectivity index (χ1v) is 9.92. The topological polar surface area (TPSA) is 47.6 Å². The van der Waals surface area contributed by atoms with Gasteiger partial charge in [-0.25, -0.2) is 4.79 Å². The molecule has 0 aliphatic heterocycles. The molecule has 0 fully saturated rings. The van der Waals surface area contributed by atoms with Crippen LogP contribution in [0.1, 0.15) is 31.9 Å². The second kappa shape index (κ2) is 8.23. The van der Waals surface area contributed by atoms with Crippen molar-refractivity contribution in [2.75, 3.05) is 5.32 Å². The summed E-state index contributed by atoms with van der Waals surface area (Å²) in [6.07, 6.45) is -0.487. The van der Waals surface area contributed by atoms with Gasteiger partial charge in [0.15, 0.2) is 0 Å². The fourth-order valence-electron chi connectivity index (χ4n) is 2.94. The highest BCUT2D eigenvalue weighted by Gasteiger charge is 2.19. The van der Waals surface area contributed by atoms with Gasteiger partial charge in [-0.05, 0) is 50.3 Å². The Bertz CT molecular complexity index is 994. The normalized spacial score (nSPS) is 11.3. The molecule has 1 N–H and O–H groups in total. The van der Waals surface area contributed by atoms with E-state index in [9.17, 15) is 4.79 Å². The number of halogens is 1. The molecule has 3 aromatic rings. The molecule has 28 heavy (non-hydrogen) atoms. The van der Waals surface area contributed by atoms with E-state index >= 15 is 0 Å². The number of anilines is 1. The Hall–Kier alpha value is -2.53. The molecule has 0 aliphatic carbocycles. The summed E-state index contributed by atoms with van der Waals surface area (Å²) in [6, 6.07) is 17.8. The van der Waals surface area contributed by atoms with E-state index in [0.29, 0.717) is 18.0 Å². The number of benzene rings is 3. The number of ether oxygens (including phenoxy) is 2. The predicted molar refractivity (Wildman–Crippen MR) is 117 cm³/mol. The van der Waals surface area contributed by atoms with Crippen molar-refractivity contribution in [1.82, 2.24) is 0 Å². The van der Waals surface area contributed by atoms with E-state index in [1.807, 2.05) is 82.3 Å². The van der Waals surface area contributed by atoms with Gasteiger partial charge in [0.2, 0.25) is 0 Å². The van der Waals surface area contributed by atoms with E-state index in [4.69, 9.17) is 9.47 Å². The van der Waals surface area contributed by atoms with Crippen LogP contribution in [0.4, 0.5) is 10.5 Å². The molecule has 146 valence electrons. The third-order valence-electron chi connectivity index (χ3n) is 4.22. The standard InChI is InChI=1S/C23H24BrNO3/c1-15-17-11-8-12-18(24)21(17)20(27-14-16-9-6-5-7-10-16)13-19(15)25-22(26)28-23(2,3)4/h5-13H,14H2,1-4H3,(H,25,26). The zero-order valence-electron chi connectivity index (χ0n) is 16.5. The minimum atomic E-state index is -0.565. The summed E-state index contributed by atoms with van der Waals surface area (Å²) < 4.78 is 12.5. The molecule has 0 bridgehead atoms. The van der Waals surface area contributed by atoms with Crippen LogP contribution < -0.4 is 10.1 Å². The molecule has 4 nitrogen and oxygen atoms in total. The molecule has 0 spiro atoms. The van der Waals surface area contributed by atoms with Crippen molar-refractivity contribution in [2.45, 2.75) is 39.9 Å². The maximum atomic E-state index is 12.3. The Labute approximate surface area is 174 Å². The molecule has 0 atom stereocenters. The molecule has 0 aromatic heterocycles. The number of carbonyl (C=O) groups excluding carboxylic acids is 1. The van der Waals surface area contributed by atoms with E-state index in [0.717, 1.165) is 26.4 Å². The van der Waals surface area contributed by atoms with Crippen LogP contribution in [0.2, 0.25) is 0 Å². The molecule has 5 heteroatoms. The third kappa shape index (κ3) is 4.84. The van der Waals surface area contributed by atoms with Crippen molar-refractivity contribution in [1.29, 1.82) is 0 Å². The fourth-order valence-corrected chi connectivity index (χ4v) is 3.50. The van der Waals surface area contributed by atoms with Gasteiger partial charge >= 0.3 is 6.09 Å². The lowest BCUT2D eigenvalue weighted by Crippen LogP contribution is -2.27. The van der Waals surface area contributed by atoms with Crippen LogP contribution >= 0.6 is 15.9 Å². The number of carbonyl (C=O) groups is 1. The van der Waals surface area contributed by atoms with Gasteiger partial charge in [0.05, 0.1) is 5.69 Å². The van der Waals surface area contributed by atoms with Gasteiger partial charge in [0.25, 0.3) is 0 Å². The van der Waals surface area contributed by atoms with Crippen molar-refractivity contribution in [3.63, 3.8) is 0 Å². The highest BCUT2D eigenvalue weighted by atomic mass is 79.9. The quantitative estimate of drug-likeness (QED) is 0.482. The van der Waals surface area contributed by atoms with Crippen molar-refractivity contribution >= 4 is 38.5 Å². The lowest BCUT2D eigenvalue weighted by molar-refractivity contribution is 0.0636. The van der Waals surface area contributed by atoms with Crippen LogP contribution in [0, 0.1) is 6.92 Å². The minimum absolute atomic E-state index is 0.437. The summed E-state index contributed by atoms with van der Waals surface area (Å²) in [7, 11) is 0. The Morgan fingerprint density at radius 1 is 1.07 bits per heavy atom. The second-order valence-electron chi connectivity index (χ2n) is 7.61. The first kappa shape index (κ1) is 20.2. The lowest BCUT2D eigenvalue weighted by atomic mass is 10.0. The van der Waals surface area contributed by atoms with Gasteiger partial charge in [-0.15, -0.1) is 0 Å². The molecule has 0 unspecified atom stereocenters. The number of hydrogen-bond acceptors (Lipinski definition) is 3.